The van der Waals surface area contributed by atoms with E-state index in [4.69, 9.17) is 30.4 Å². The molecule has 4 N–H and O–H groups in total. The zero-order valence-electron chi connectivity index (χ0n) is 19.7. The minimum Gasteiger partial charge on any atom is -0.497 e. The summed E-state index contributed by atoms with van der Waals surface area (Å²) in [4.78, 5) is 24.0. The number of nitrogens with two attached hydrogens (primary N) is 2. The Labute approximate surface area is 204 Å². The quantitative estimate of drug-likeness (QED) is 0.144. The first-order chi connectivity index (χ1) is 16.9. The second-order valence-corrected chi connectivity index (χ2v) is 7.56. The van der Waals surface area contributed by atoms with Crippen LogP contribution in [-0.2, 0) is 14.3 Å². The SMILES string of the molecule is COc1ccc(-c2ccc(/C=C/C(=O)OCCCC(=O)Oc3ccc(N)cc3N)c(OC)c2)cc1. The number of hydrogen-bond acceptors (Lipinski definition) is 8. The van der Waals surface area contributed by atoms with E-state index in [0.29, 0.717) is 17.9 Å². The predicted octanol–water partition coefficient (Wildman–Crippen LogP) is 4.48. The van der Waals surface area contributed by atoms with E-state index in [1.165, 1.54) is 18.2 Å². The molecule has 0 aromatic heterocycles. The molecule has 8 heteroatoms. The normalized spacial score (nSPS) is 10.7. The minimum atomic E-state index is -0.526. The van der Waals surface area contributed by atoms with Gasteiger partial charge in [-0.05, 0) is 60.0 Å². The van der Waals surface area contributed by atoms with Crippen LogP contribution in [0.2, 0.25) is 0 Å². The number of methoxy groups -OCH3 is 2. The average molecular weight is 477 g/mol. The molecule has 3 rings (SSSR count). The van der Waals surface area contributed by atoms with Crippen molar-refractivity contribution >= 4 is 29.4 Å². The number of anilines is 2. The molecule has 0 fully saturated rings. The van der Waals surface area contributed by atoms with Crippen molar-refractivity contribution in [1.82, 2.24) is 0 Å². The molecule has 0 saturated carbocycles. The van der Waals surface area contributed by atoms with Crippen LogP contribution in [-0.4, -0.2) is 32.8 Å². The second-order valence-electron chi connectivity index (χ2n) is 7.56. The Morgan fingerprint density at radius 2 is 1.60 bits per heavy atom. The molecular weight excluding hydrogens is 448 g/mol. The highest BCUT2D eigenvalue weighted by Crippen LogP contribution is 2.29. The Morgan fingerprint density at radius 3 is 2.29 bits per heavy atom. The van der Waals surface area contributed by atoms with Gasteiger partial charge in [0, 0.05) is 23.7 Å². The lowest BCUT2D eigenvalue weighted by Crippen LogP contribution is -2.11. The zero-order chi connectivity index (χ0) is 25.2. The number of ether oxygens (including phenoxy) is 4. The molecule has 3 aromatic rings. The Morgan fingerprint density at radius 1 is 0.857 bits per heavy atom. The monoisotopic (exact) mass is 476 g/mol. The van der Waals surface area contributed by atoms with Gasteiger partial charge in [-0.2, -0.15) is 0 Å². The highest BCUT2D eigenvalue weighted by Gasteiger charge is 2.09. The van der Waals surface area contributed by atoms with Crippen LogP contribution in [0, 0.1) is 0 Å². The van der Waals surface area contributed by atoms with Crippen LogP contribution in [0.5, 0.6) is 17.2 Å². The second kappa shape index (κ2) is 12.1. The number of benzene rings is 3. The van der Waals surface area contributed by atoms with Gasteiger partial charge in [-0.1, -0.05) is 24.3 Å². The van der Waals surface area contributed by atoms with Gasteiger partial charge in [-0.15, -0.1) is 0 Å². The van der Waals surface area contributed by atoms with E-state index < -0.39 is 11.9 Å². The van der Waals surface area contributed by atoms with E-state index in [-0.39, 0.29) is 24.5 Å². The van der Waals surface area contributed by atoms with Gasteiger partial charge in [0.05, 0.1) is 26.5 Å². The van der Waals surface area contributed by atoms with Gasteiger partial charge in [-0.25, -0.2) is 4.79 Å². The molecule has 0 aliphatic rings. The third kappa shape index (κ3) is 7.26. The number of carbonyl (C=O) groups excluding carboxylic acids is 2. The first-order valence-electron chi connectivity index (χ1n) is 10.9. The van der Waals surface area contributed by atoms with Crippen molar-refractivity contribution in [2.75, 3.05) is 32.3 Å². The van der Waals surface area contributed by atoms with Crippen molar-refractivity contribution in [3.63, 3.8) is 0 Å². The summed E-state index contributed by atoms with van der Waals surface area (Å²) >= 11 is 0. The van der Waals surface area contributed by atoms with Gasteiger partial charge in [0.15, 0.2) is 5.75 Å². The van der Waals surface area contributed by atoms with Gasteiger partial charge in [0.2, 0.25) is 0 Å². The average Bonchev–Trinajstić information content (AvgIpc) is 2.87. The summed E-state index contributed by atoms with van der Waals surface area (Å²) in [6.45, 7) is 0.0725. The van der Waals surface area contributed by atoms with Crippen molar-refractivity contribution in [2.24, 2.45) is 0 Å². The first kappa shape index (κ1) is 25.2. The molecule has 0 bridgehead atoms. The highest BCUT2D eigenvalue weighted by atomic mass is 16.5. The van der Waals surface area contributed by atoms with Crippen LogP contribution >= 0.6 is 0 Å². The first-order valence-corrected chi connectivity index (χ1v) is 10.9. The summed E-state index contributed by atoms with van der Waals surface area (Å²) in [6.07, 6.45) is 3.32. The van der Waals surface area contributed by atoms with Gasteiger partial charge in [0.1, 0.15) is 11.5 Å². The highest BCUT2D eigenvalue weighted by molar-refractivity contribution is 5.88. The number of nitrogen functional groups attached to an aromatic ring is 2. The van der Waals surface area contributed by atoms with E-state index in [1.54, 1.807) is 26.4 Å². The Balaban J connectivity index is 1.48. The summed E-state index contributed by atoms with van der Waals surface area (Å²) in [5.74, 6) is 0.641. The molecular formula is C27H28N2O6. The minimum absolute atomic E-state index is 0.0709. The summed E-state index contributed by atoms with van der Waals surface area (Å²) < 4.78 is 21.0. The molecule has 0 amide bonds. The fraction of sp³-hybridized carbons (Fsp3) is 0.185. The molecule has 0 atom stereocenters. The van der Waals surface area contributed by atoms with Gasteiger partial charge >= 0.3 is 11.9 Å². The summed E-state index contributed by atoms with van der Waals surface area (Å²) in [5.41, 5.74) is 14.9. The van der Waals surface area contributed by atoms with E-state index >= 15 is 0 Å². The molecule has 0 aliphatic carbocycles. The van der Waals surface area contributed by atoms with Gasteiger partial charge in [0.25, 0.3) is 0 Å². The van der Waals surface area contributed by atoms with E-state index in [9.17, 15) is 9.59 Å². The number of carbonyl (C=O) groups is 2. The van der Waals surface area contributed by atoms with Crippen molar-refractivity contribution in [1.29, 1.82) is 0 Å². The molecule has 8 nitrogen and oxygen atoms in total. The lowest BCUT2D eigenvalue weighted by Gasteiger charge is -2.09. The molecule has 182 valence electrons. The van der Waals surface area contributed by atoms with E-state index in [0.717, 1.165) is 22.4 Å². The smallest absolute Gasteiger partial charge is 0.330 e. The molecule has 0 radical (unpaired) electrons. The predicted molar refractivity (Wildman–Crippen MR) is 135 cm³/mol. The van der Waals surface area contributed by atoms with Crippen LogP contribution in [0.15, 0.2) is 66.7 Å². The van der Waals surface area contributed by atoms with Crippen molar-refractivity contribution in [2.45, 2.75) is 12.8 Å². The molecule has 0 aliphatic heterocycles. The standard InChI is InChI=1S/C27H28N2O6/c1-32-22-11-7-18(8-12-22)20-6-5-19(25(16-20)33-2)9-14-26(30)34-15-3-4-27(31)35-24-13-10-21(28)17-23(24)29/h5-14,16-17H,3-4,15,28-29H2,1-2H3/b14-9+. The Hall–Kier alpha value is -4.46. The maximum absolute atomic E-state index is 12.1. The van der Waals surface area contributed by atoms with Gasteiger partial charge in [-0.3, -0.25) is 4.79 Å². The largest absolute Gasteiger partial charge is 0.497 e. The lowest BCUT2D eigenvalue weighted by atomic mass is 10.0. The molecule has 0 unspecified atom stereocenters. The van der Waals surface area contributed by atoms with Crippen LogP contribution in [0.3, 0.4) is 0 Å². The van der Waals surface area contributed by atoms with Crippen molar-refractivity contribution < 1.29 is 28.5 Å². The summed E-state index contributed by atoms with van der Waals surface area (Å²) in [5, 5.41) is 0. The van der Waals surface area contributed by atoms with Crippen molar-refractivity contribution in [3.8, 4) is 28.4 Å². The molecule has 0 heterocycles. The number of hydrogen-bond donors (Lipinski definition) is 2. The van der Waals surface area contributed by atoms with Gasteiger partial charge < -0.3 is 30.4 Å². The third-order valence-corrected chi connectivity index (χ3v) is 5.08. The number of rotatable bonds is 10. The third-order valence-electron chi connectivity index (χ3n) is 5.08. The maximum atomic E-state index is 12.1. The summed E-state index contributed by atoms with van der Waals surface area (Å²) in [7, 11) is 3.19. The maximum Gasteiger partial charge on any atom is 0.330 e. The molecule has 0 spiro atoms. The van der Waals surface area contributed by atoms with Crippen molar-refractivity contribution in [3.05, 3.63) is 72.3 Å². The van der Waals surface area contributed by atoms with Crippen LogP contribution in [0.25, 0.3) is 17.2 Å². The van der Waals surface area contributed by atoms with E-state index in [1.807, 2.05) is 42.5 Å². The lowest BCUT2D eigenvalue weighted by molar-refractivity contribution is -0.140. The Bertz CT molecular complexity index is 1200. The number of esters is 2. The molecule has 0 saturated heterocycles. The zero-order valence-corrected chi connectivity index (χ0v) is 19.7. The molecule has 3 aromatic carbocycles. The topological polar surface area (TPSA) is 123 Å². The molecule has 35 heavy (non-hydrogen) atoms. The Kier molecular flexibility index (Phi) is 8.72. The van der Waals surface area contributed by atoms with Crippen LogP contribution in [0.4, 0.5) is 11.4 Å². The fourth-order valence-electron chi connectivity index (χ4n) is 3.24. The van der Waals surface area contributed by atoms with E-state index in [2.05, 4.69) is 0 Å². The van der Waals surface area contributed by atoms with Crippen LogP contribution < -0.4 is 25.7 Å². The fourth-order valence-corrected chi connectivity index (χ4v) is 3.24. The van der Waals surface area contributed by atoms with Crippen LogP contribution in [0.1, 0.15) is 18.4 Å². The summed E-state index contributed by atoms with van der Waals surface area (Å²) in [6, 6.07) is 18.0.